The molecule has 0 unspecified atom stereocenters. The number of carboxylic acid groups (broad SMARTS) is 1. The summed E-state index contributed by atoms with van der Waals surface area (Å²) in [5, 5.41) is 19.3. The van der Waals surface area contributed by atoms with Crippen LogP contribution in [0.3, 0.4) is 0 Å². The van der Waals surface area contributed by atoms with Crippen LogP contribution in [0.1, 0.15) is 33.6 Å². The summed E-state index contributed by atoms with van der Waals surface area (Å²) in [6, 6.07) is -0.744. The molecule has 0 aromatic rings. The molecular weight excluding hydrogens is 186 g/mol. The second-order valence-electron chi connectivity index (χ2n) is 3.77. The van der Waals surface area contributed by atoms with E-state index < -0.39 is 12.0 Å². The highest BCUT2D eigenvalue weighted by Crippen LogP contribution is 2.23. The number of carbonyl (C=O) groups is 1. The summed E-state index contributed by atoms with van der Waals surface area (Å²) in [7, 11) is 0. The molecule has 5 heteroatoms. The number of aliphatic carboxylic acids is 1. The summed E-state index contributed by atoms with van der Waals surface area (Å²) in [6.45, 7) is 5.35. The van der Waals surface area contributed by atoms with Crippen molar-refractivity contribution in [2.75, 3.05) is 0 Å². The van der Waals surface area contributed by atoms with Gasteiger partial charge in [0, 0.05) is 17.3 Å². The molecule has 0 aromatic carbocycles. The molecule has 82 valence electrons. The normalized spacial score (nSPS) is 15.1. The van der Waals surface area contributed by atoms with Crippen molar-refractivity contribution < 1.29 is 14.8 Å². The number of carboxylic acids is 1. The van der Waals surface area contributed by atoms with Gasteiger partial charge in [0.25, 0.3) is 0 Å². The first-order chi connectivity index (χ1) is 6.40. The third-order valence-corrected chi connectivity index (χ3v) is 2.45. The number of hydrogen-bond donors (Lipinski definition) is 1. The molecule has 0 aliphatic carbocycles. The second-order valence-corrected chi connectivity index (χ2v) is 3.77. The van der Waals surface area contributed by atoms with Crippen LogP contribution in [0.2, 0.25) is 0 Å². The molecule has 0 heterocycles. The maximum absolute atomic E-state index is 10.7. The van der Waals surface area contributed by atoms with Crippen LogP contribution in [0.4, 0.5) is 0 Å². The van der Waals surface area contributed by atoms with E-state index in [0.717, 1.165) is 0 Å². The van der Waals surface area contributed by atoms with E-state index in [1.165, 1.54) is 0 Å². The van der Waals surface area contributed by atoms with Crippen molar-refractivity contribution in [3.8, 4) is 0 Å². The highest BCUT2D eigenvalue weighted by molar-refractivity contribution is 5.67. The second kappa shape index (κ2) is 5.57. The molecule has 0 radical (unpaired) electrons. The summed E-state index contributed by atoms with van der Waals surface area (Å²) in [5.41, 5.74) is 0. The van der Waals surface area contributed by atoms with Crippen molar-refractivity contribution >= 4 is 5.97 Å². The molecule has 0 spiro atoms. The van der Waals surface area contributed by atoms with E-state index in [-0.39, 0.29) is 23.2 Å². The third-order valence-electron chi connectivity index (χ3n) is 2.45. The first kappa shape index (κ1) is 12.9. The maximum atomic E-state index is 10.7. The van der Waals surface area contributed by atoms with Crippen LogP contribution in [-0.2, 0) is 4.79 Å². The van der Waals surface area contributed by atoms with Crippen molar-refractivity contribution in [3.05, 3.63) is 10.1 Å². The topological polar surface area (TPSA) is 80.4 Å². The zero-order chi connectivity index (χ0) is 11.3. The van der Waals surface area contributed by atoms with Crippen molar-refractivity contribution in [1.82, 2.24) is 0 Å². The Morgan fingerprint density at radius 2 is 2.00 bits per heavy atom. The van der Waals surface area contributed by atoms with Crippen LogP contribution in [-0.4, -0.2) is 22.0 Å². The SMILES string of the molecule is CC[C@@H]([C@@H](CC(=O)O)C(C)C)[N+](=O)[O-]. The van der Waals surface area contributed by atoms with Gasteiger partial charge in [-0.05, 0) is 5.92 Å². The quantitative estimate of drug-likeness (QED) is 0.527. The minimum atomic E-state index is -0.969. The van der Waals surface area contributed by atoms with E-state index in [1.807, 2.05) is 13.8 Å². The lowest BCUT2D eigenvalue weighted by molar-refractivity contribution is -0.534. The lowest BCUT2D eigenvalue weighted by Gasteiger charge is -2.21. The maximum Gasteiger partial charge on any atom is 0.303 e. The Kier molecular flexibility index (Phi) is 5.12. The van der Waals surface area contributed by atoms with Gasteiger partial charge < -0.3 is 5.11 Å². The largest absolute Gasteiger partial charge is 0.481 e. The standard InChI is InChI=1S/C9H17NO4/c1-4-8(10(13)14)7(6(2)3)5-9(11)12/h6-8H,4-5H2,1-3H3,(H,11,12)/t7-,8-/m0/s1. The van der Waals surface area contributed by atoms with Crippen LogP contribution in [0.15, 0.2) is 0 Å². The number of rotatable bonds is 6. The van der Waals surface area contributed by atoms with Gasteiger partial charge in [-0.1, -0.05) is 20.8 Å². The monoisotopic (exact) mass is 203 g/mol. The van der Waals surface area contributed by atoms with Gasteiger partial charge in [-0.3, -0.25) is 14.9 Å². The molecule has 0 aliphatic rings. The fourth-order valence-corrected chi connectivity index (χ4v) is 1.63. The Bertz CT molecular complexity index is 215. The molecule has 2 atom stereocenters. The lowest BCUT2D eigenvalue weighted by Crippen LogP contribution is -2.33. The van der Waals surface area contributed by atoms with Crippen LogP contribution in [0, 0.1) is 22.0 Å². The number of nitrogens with zero attached hydrogens (tertiary/aromatic N) is 1. The van der Waals surface area contributed by atoms with Gasteiger partial charge in [-0.2, -0.15) is 0 Å². The van der Waals surface area contributed by atoms with Crippen molar-refractivity contribution in [1.29, 1.82) is 0 Å². The number of nitro groups is 1. The molecule has 0 bridgehead atoms. The zero-order valence-electron chi connectivity index (χ0n) is 8.77. The summed E-state index contributed by atoms with van der Waals surface area (Å²) >= 11 is 0. The molecule has 0 aromatic heterocycles. The highest BCUT2D eigenvalue weighted by Gasteiger charge is 2.33. The molecule has 0 rings (SSSR count). The summed E-state index contributed by atoms with van der Waals surface area (Å²) in [4.78, 5) is 20.8. The average molecular weight is 203 g/mol. The first-order valence-electron chi connectivity index (χ1n) is 4.75. The van der Waals surface area contributed by atoms with Crippen molar-refractivity contribution in [2.45, 2.75) is 39.7 Å². The van der Waals surface area contributed by atoms with E-state index >= 15 is 0 Å². The Labute approximate surface area is 83.3 Å². The molecule has 0 fully saturated rings. The summed E-state index contributed by atoms with van der Waals surface area (Å²) < 4.78 is 0. The van der Waals surface area contributed by atoms with Crippen LogP contribution < -0.4 is 0 Å². The fourth-order valence-electron chi connectivity index (χ4n) is 1.63. The average Bonchev–Trinajstić information content (AvgIpc) is 2.02. The molecule has 0 aliphatic heterocycles. The fraction of sp³-hybridized carbons (Fsp3) is 0.889. The lowest BCUT2D eigenvalue weighted by atomic mass is 9.85. The van der Waals surface area contributed by atoms with Gasteiger partial charge in [-0.25, -0.2) is 0 Å². The van der Waals surface area contributed by atoms with Crippen molar-refractivity contribution in [3.63, 3.8) is 0 Å². The Hall–Kier alpha value is -1.13. The van der Waals surface area contributed by atoms with Gasteiger partial charge in [0.1, 0.15) is 0 Å². The van der Waals surface area contributed by atoms with E-state index in [2.05, 4.69) is 0 Å². The minimum Gasteiger partial charge on any atom is -0.481 e. The summed E-state index contributed by atoms with van der Waals surface area (Å²) in [6.07, 6.45) is 0.250. The van der Waals surface area contributed by atoms with Gasteiger partial charge >= 0.3 is 5.97 Å². The van der Waals surface area contributed by atoms with Crippen molar-refractivity contribution in [2.24, 2.45) is 11.8 Å². The van der Waals surface area contributed by atoms with Gasteiger partial charge in [0.05, 0.1) is 6.42 Å². The van der Waals surface area contributed by atoms with E-state index in [9.17, 15) is 14.9 Å². The Balaban J connectivity index is 4.60. The van der Waals surface area contributed by atoms with Gasteiger partial charge in [0.15, 0.2) is 0 Å². The molecular formula is C9H17NO4. The molecule has 0 saturated heterocycles. The molecule has 1 N–H and O–H groups in total. The summed E-state index contributed by atoms with van der Waals surface area (Å²) in [5.74, 6) is -1.34. The Morgan fingerprint density at radius 1 is 1.50 bits per heavy atom. The predicted octanol–water partition coefficient (Wildman–Crippen LogP) is 1.79. The molecule has 0 amide bonds. The Morgan fingerprint density at radius 3 is 2.21 bits per heavy atom. The third kappa shape index (κ3) is 3.72. The molecule has 5 nitrogen and oxygen atoms in total. The van der Waals surface area contributed by atoms with Crippen LogP contribution >= 0.6 is 0 Å². The van der Waals surface area contributed by atoms with Gasteiger partial charge in [-0.15, -0.1) is 0 Å². The zero-order valence-corrected chi connectivity index (χ0v) is 8.77. The van der Waals surface area contributed by atoms with Gasteiger partial charge in [0.2, 0.25) is 6.04 Å². The number of hydrogen-bond acceptors (Lipinski definition) is 3. The van der Waals surface area contributed by atoms with E-state index in [0.29, 0.717) is 6.42 Å². The van der Waals surface area contributed by atoms with E-state index in [1.54, 1.807) is 6.92 Å². The molecule has 14 heavy (non-hydrogen) atoms. The predicted molar refractivity (Wildman–Crippen MR) is 51.7 cm³/mol. The highest BCUT2D eigenvalue weighted by atomic mass is 16.6. The van der Waals surface area contributed by atoms with E-state index in [4.69, 9.17) is 5.11 Å². The molecule has 0 saturated carbocycles. The smallest absolute Gasteiger partial charge is 0.303 e. The first-order valence-corrected chi connectivity index (χ1v) is 4.75. The minimum absolute atomic E-state index is 0.0152. The van der Waals surface area contributed by atoms with Crippen LogP contribution in [0.5, 0.6) is 0 Å². The van der Waals surface area contributed by atoms with Crippen LogP contribution in [0.25, 0.3) is 0 Å².